The van der Waals surface area contributed by atoms with Crippen LogP contribution in [0.1, 0.15) is 5.56 Å². The second-order valence-electron chi connectivity index (χ2n) is 5.20. The van der Waals surface area contributed by atoms with Crippen LogP contribution in [-0.2, 0) is 6.54 Å². The molecule has 4 heteroatoms. The Balaban J connectivity index is 2.19. The molecule has 0 saturated carbocycles. The number of nitrogens with two attached hydrogens (primary N) is 1. The highest BCUT2D eigenvalue weighted by Gasteiger charge is 2.15. The summed E-state index contributed by atoms with van der Waals surface area (Å²) in [5.41, 5.74) is 9.59. The summed E-state index contributed by atoms with van der Waals surface area (Å²) < 4.78 is 0. The lowest BCUT2D eigenvalue weighted by molar-refractivity contribution is 0.313. The third-order valence-electron chi connectivity index (χ3n) is 3.63. The summed E-state index contributed by atoms with van der Waals surface area (Å²) in [5, 5.41) is 0. The smallest absolute Gasteiger partial charge is 0.0408 e. The van der Waals surface area contributed by atoms with Crippen molar-refractivity contribution in [2.24, 2.45) is 5.73 Å². The van der Waals surface area contributed by atoms with Gasteiger partial charge in [0.1, 0.15) is 0 Å². The second kappa shape index (κ2) is 5.59. The first-order valence-corrected chi connectivity index (χ1v) is 6.55. The molecule has 1 aromatic rings. The van der Waals surface area contributed by atoms with Gasteiger partial charge in [-0.3, -0.25) is 0 Å². The van der Waals surface area contributed by atoms with Crippen molar-refractivity contribution < 1.29 is 0 Å². The van der Waals surface area contributed by atoms with E-state index in [0.29, 0.717) is 6.54 Å². The van der Waals surface area contributed by atoms with Crippen LogP contribution in [0.15, 0.2) is 18.2 Å². The van der Waals surface area contributed by atoms with Gasteiger partial charge in [0.05, 0.1) is 0 Å². The summed E-state index contributed by atoms with van der Waals surface area (Å²) in [5.74, 6) is 0. The van der Waals surface area contributed by atoms with E-state index in [9.17, 15) is 0 Å². The zero-order valence-electron chi connectivity index (χ0n) is 11.7. The lowest BCUT2D eigenvalue weighted by Gasteiger charge is -2.34. The minimum Gasteiger partial charge on any atom is -0.377 e. The number of hydrogen-bond acceptors (Lipinski definition) is 4. The lowest BCUT2D eigenvalue weighted by atomic mass is 10.1. The van der Waals surface area contributed by atoms with Crippen molar-refractivity contribution in [1.82, 2.24) is 4.90 Å². The fourth-order valence-corrected chi connectivity index (χ4v) is 2.43. The lowest BCUT2D eigenvalue weighted by Crippen LogP contribution is -2.44. The molecule has 1 saturated heterocycles. The van der Waals surface area contributed by atoms with Gasteiger partial charge in [-0.2, -0.15) is 0 Å². The van der Waals surface area contributed by atoms with E-state index >= 15 is 0 Å². The number of hydrogen-bond donors (Lipinski definition) is 1. The van der Waals surface area contributed by atoms with Crippen LogP contribution in [0.5, 0.6) is 0 Å². The van der Waals surface area contributed by atoms with Crippen molar-refractivity contribution in [3.63, 3.8) is 0 Å². The first kappa shape index (κ1) is 13.2. The number of benzene rings is 1. The summed E-state index contributed by atoms with van der Waals surface area (Å²) in [6.07, 6.45) is 0. The van der Waals surface area contributed by atoms with E-state index in [2.05, 4.69) is 54.0 Å². The number of rotatable bonds is 3. The van der Waals surface area contributed by atoms with Crippen LogP contribution in [0.25, 0.3) is 0 Å². The summed E-state index contributed by atoms with van der Waals surface area (Å²) in [7, 11) is 6.30. The minimum atomic E-state index is 0.592. The maximum absolute atomic E-state index is 5.86. The van der Waals surface area contributed by atoms with E-state index in [1.807, 2.05) is 0 Å². The second-order valence-corrected chi connectivity index (χ2v) is 5.20. The Morgan fingerprint density at radius 1 is 1.17 bits per heavy atom. The first-order chi connectivity index (χ1) is 8.61. The van der Waals surface area contributed by atoms with Gasteiger partial charge in [0.15, 0.2) is 0 Å². The number of nitrogens with zero attached hydrogens (tertiary/aromatic N) is 3. The molecule has 1 aliphatic rings. The van der Waals surface area contributed by atoms with E-state index in [1.165, 1.54) is 16.9 Å². The molecule has 2 N–H and O–H groups in total. The molecule has 0 amide bonds. The minimum absolute atomic E-state index is 0.592. The third-order valence-corrected chi connectivity index (χ3v) is 3.63. The highest BCUT2D eigenvalue weighted by molar-refractivity contribution is 5.61. The Morgan fingerprint density at radius 2 is 1.83 bits per heavy atom. The van der Waals surface area contributed by atoms with Gasteiger partial charge in [0.25, 0.3) is 0 Å². The molecule has 18 heavy (non-hydrogen) atoms. The predicted octanol–water partition coefficient (Wildman–Crippen LogP) is 0.963. The van der Waals surface area contributed by atoms with E-state index < -0.39 is 0 Å². The van der Waals surface area contributed by atoms with Crippen LogP contribution in [-0.4, -0.2) is 52.2 Å². The van der Waals surface area contributed by atoms with Gasteiger partial charge < -0.3 is 20.4 Å². The summed E-state index contributed by atoms with van der Waals surface area (Å²) in [6.45, 7) is 5.06. The normalized spacial score (nSPS) is 17.0. The van der Waals surface area contributed by atoms with E-state index in [0.717, 1.165) is 26.2 Å². The molecule has 0 unspecified atom stereocenters. The quantitative estimate of drug-likeness (QED) is 0.864. The third kappa shape index (κ3) is 2.76. The standard InChI is InChI=1S/C14H24N4/c1-16(2)14-5-4-13(10-12(14)11-15)18-8-6-17(3)7-9-18/h4-5,10H,6-9,11,15H2,1-3H3. The Hall–Kier alpha value is -1.26. The van der Waals surface area contributed by atoms with Crippen LogP contribution in [0, 0.1) is 0 Å². The highest BCUT2D eigenvalue weighted by Crippen LogP contribution is 2.25. The highest BCUT2D eigenvalue weighted by atomic mass is 15.2. The zero-order valence-corrected chi connectivity index (χ0v) is 11.7. The SMILES string of the molecule is CN1CCN(c2ccc(N(C)C)c(CN)c2)CC1. The number of anilines is 2. The van der Waals surface area contributed by atoms with Gasteiger partial charge in [0.2, 0.25) is 0 Å². The molecular formula is C14H24N4. The summed E-state index contributed by atoms with van der Waals surface area (Å²) >= 11 is 0. The molecule has 0 aliphatic carbocycles. The van der Waals surface area contributed by atoms with Crippen molar-refractivity contribution in [3.05, 3.63) is 23.8 Å². The van der Waals surface area contributed by atoms with Gasteiger partial charge in [-0.25, -0.2) is 0 Å². The molecule has 4 nitrogen and oxygen atoms in total. The molecule has 0 spiro atoms. The van der Waals surface area contributed by atoms with Crippen LogP contribution in [0.3, 0.4) is 0 Å². The average Bonchev–Trinajstić information content (AvgIpc) is 2.38. The molecule has 0 aromatic heterocycles. The average molecular weight is 248 g/mol. The largest absolute Gasteiger partial charge is 0.377 e. The Labute approximate surface area is 110 Å². The molecule has 1 heterocycles. The van der Waals surface area contributed by atoms with Gasteiger partial charge in [0, 0.05) is 58.2 Å². The molecule has 0 atom stereocenters. The Kier molecular flexibility index (Phi) is 4.09. The van der Waals surface area contributed by atoms with E-state index in [-0.39, 0.29) is 0 Å². The molecule has 1 fully saturated rings. The van der Waals surface area contributed by atoms with Gasteiger partial charge in [-0.1, -0.05) is 0 Å². The van der Waals surface area contributed by atoms with Crippen LogP contribution >= 0.6 is 0 Å². The number of piperazine rings is 1. The van der Waals surface area contributed by atoms with Crippen molar-refractivity contribution in [2.45, 2.75) is 6.54 Å². The molecule has 2 rings (SSSR count). The summed E-state index contributed by atoms with van der Waals surface area (Å²) in [6, 6.07) is 6.62. The Morgan fingerprint density at radius 3 is 2.39 bits per heavy atom. The fraction of sp³-hybridized carbons (Fsp3) is 0.571. The molecule has 0 radical (unpaired) electrons. The van der Waals surface area contributed by atoms with Gasteiger partial charge in [-0.05, 0) is 30.8 Å². The van der Waals surface area contributed by atoms with Crippen LogP contribution < -0.4 is 15.5 Å². The zero-order chi connectivity index (χ0) is 13.1. The fourth-order valence-electron chi connectivity index (χ4n) is 2.43. The molecule has 0 bridgehead atoms. The first-order valence-electron chi connectivity index (χ1n) is 6.55. The van der Waals surface area contributed by atoms with Gasteiger partial charge >= 0.3 is 0 Å². The van der Waals surface area contributed by atoms with Crippen molar-refractivity contribution >= 4 is 11.4 Å². The van der Waals surface area contributed by atoms with Crippen LogP contribution in [0.4, 0.5) is 11.4 Å². The summed E-state index contributed by atoms with van der Waals surface area (Å²) in [4.78, 5) is 6.93. The molecule has 1 aromatic carbocycles. The maximum Gasteiger partial charge on any atom is 0.0408 e. The molecule has 1 aliphatic heterocycles. The Bertz CT molecular complexity index is 395. The monoisotopic (exact) mass is 248 g/mol. The molecular weight excluding hydrogens is 224 g/mol. The van der Waals surface area contributed by atoms with Gasteiger partial charge in [-0.15, -0.1) is 0 Å². The number of likely N-dealkylation sites (N-methyl/N-ethyl adjacent to an activating group) is 1. The van der Waals surface area contributed by atoms with Crippen molar-refractivity contribution in [3.8, 4) is 0 Å². The topological polar surface area (TPSA) is 35.7 Å². The predicted molar refractivity (Wildman–Crippen MR) is 78.4 cm³/mol. The van der Waals surface area contributed by atoms with Crippen LogP contribution in [0.2, 0.25) is 0 Å². The van der Waals surface area contributed by atoms with Crippen molar-refractivity contribution in [1.29, 1.82) is 0 Å². The maximum atomic E-state index is 5.86. The van der Waals surface area contributed by atoms with Crippen molar-refractivity contribution in [2.75, 3.05) is 57.1 Å². The molecule has 100 valence electrons. The van der Waals surface area contributed by atoms with E-state index in [1.54, 1.807) is 0 Å². The van der Waals surface area contributed by atoms with E-state index in [4.69, 9.17) is 5.73 Å².